The highest BCUT2D eigenvalue weighted by molar-refractivity contribution is 6.01. The van der Waals surface area contributed by atoms with Crippen LogP contribution in [0.5, 0.6) is 11.5 Å². The lowest BCUT2D eigenvalue weighted by molar-refractivity contribution is 0.415. The average Bonchev–Trinajstić information content (AvgIpc) is 2.83. The molecule has 0 radical (unpaired) electrons. The molecule has 168 valence electrons. The number of hydrogen-bond acceptors (Lipinski definition) is 4. The second-order valence-corrected chi connectivity index (χ2v) is 7.72. The first-order chi connectivity index (χ1) is 15.6. The molecule has 0 fully saturated rings. The van der Waals surface area contributed by atoms with Crippen LogP contribution in [0.15, 0.2) is 83.9 Å². The van der Waals surface area contributed by atoms with Crippen molar-refractivity contribution in [1.29, 1.82) is 0 Å². The van der Waals surface area contributed by atoms with E-state index in [-0.39, 0.29) is 12.1 Å². The van der Waals surface area contributed by atoms with Crippen LogP contribution in [0.4, 0.5) is 11.4 Å². The molecule has 3 aromatic carbocycles. The van der Waals surface area contributed by atoms with E-state index in [9.17, 15) is 0 Å². The molecule has 0 amide bonds. The summed E-state index contributed by atoms with van der Waals surface area (Å²) in [4.78, 5) is 5.10. The highest BCUT2D eigenvalue weighted by atomic mass is 16.5. The van der Waals surface area contributed by atoms with Gasteiger partial charge >= 0.3 is 0 Å². The molecule has 2 N–H and O–H groups in total. The van der Waals surface area contributed by atoms with Gasteiger partial charge in [0, 0.05) is 17.4 Å². The predicted octanol–water partition coefficient (Wildman–Crippen LogP) is 6.56. The number of anilines is 2. The Labute approximate surface area is 191 Å². The number of nitrogens with one attached hydrogen (secondary N) is 2. The SMILES string of the molecule is CCCC(C)N=C(Nc1ccc(OC)cc1)C(Nc1ccc(OC)cc1)c1ccccc1. The molecule has 5 heteroatoms. The molecule has 0 heterocycles. The van der Waals surface area contributed by atoms with Gasteiger partial charge in [0.15, 0.2) is 0 Å². The van der Waals surface area contributed by atoms with Crippen molar-refractivity contribution in [2.45, 2.75) is 38.8 Å². The van der Waals surface area contributed by atoms with Crippen LogP contribution < -0.4 is 20.1 Å². The first kappa shape index (κ1) is 23.2. The predicted molar refractivity (Wildman–Crippen MR) is 134 cm³/mol. The lowest BCUT2D eigenvalue weighted by atomic mass is 10.0. The van der Waals surface area contributed by atoms with Gasteiger partial charge in [-0.3, -0.25) is 4.99 Å². The van der Waals surface area contributed by atoms with E-state index in [1.54, 1.807) is 14.2 Å². The molecule has 3 aromatic rings. The van der Waals surface area contributed by atoms with Crippen molar-refractivity contribution in [3.05, 3.63) is 84.4 Å². The largest absolute Gasteiger partial charge is 0.497 e. The van der Waals surface area contributed by atoms with Gasteiger partial charge in [-0.1, -0.05) is 43.7 Å². The summed E-state index contributed by atoms with van der Waals surface area (Å²) >= 11 is 0. The first-order valence-electron chi connectivity index (χ1n) is 11.1. The van der Waals surface area contributed by atoms with Gasteiger partial charge in [0.05, 0.1) is 14.2 Å². The minimum Gasteiger partial charge on any atom is -0.497 e. The van der Waals surface area contributed by atoms with Crippen LogP contribution in [0, 0.1) is 0 Å². The van der Waals surface area contributed by atoms with Crippen molar-refractivity contribution in [1.82, 2.24) is 0 Å². The summed E-state index contributed by atoms with van der Waals surface area (Å²) in [6, 6.07) is 26.3. The van der Waals surface area contributed by atoms with Crippen molar-refractivity contribution in [3.8, 4) is 11.5 Å². The van der Waals surface area contributed by atoms with Crippen molar-refractivity contribution in [2.24, 2.45) is 4.99 Å². The van der Waals surface area contributed by atoms with Gasteiger partial charge in [0.2, 0.25) is 0 Å². The van der Waals surface area contributed by atoms with E-state index in [2.05, 4.69) is 48.7 Å². The number of amidine groups is 1. The Kier molecular flexibility index (Phi) is 8.55. The van der Waals surface area contributed by atoms with E-state index in [1.165, 1.54) is 0 Å². The Bertz CT molecular complexity index is 970. The van der Waals surface area contributed by atoms with E-state index in [0.29, 0.717) is 0 Å². The zero-order chi connectivity index (χ0) is 22.8. The van der Waals surface area contributed by atoms with Gasteiger partial charge in [0.25, 0.3) is 0 Å². The quantitative estimate of drug-likeness (QED) is 0.282. The molecule has 0 aliphatic heterocycles. The Morgan fingerprint density at radius 1 is 0.812 bits per heavy atom. The van der Waals surface area contributed by atoms with Crippen molar-refractivity contribution in [3.63, 3.8) is 0 Å². The number of nitrogens with zero attached hydrogens (tertiary/aromatic N) is 1. The topological polar surface area (TPSA) is 54.9 Å². The molecule has 0 saturated carbocycles. The lowest BCUT2D eigenvalue weighted by Gasteiger charge is -2.25. The molecule has 0 saturated heterocycles. The molecule has 2 atom stereocenters. The molecule has 3 rings (SSSR count). The van der Waals surface area contributed by atoms with E-state index < -0.39 is 0 Å². The van der Waals surface area contributed by atoms with Gasteiger partial charge in [-0.2, -0.15) is 0 Å². The zero-order valence-electron chi connectivity index (χ0n) is 19.3. The Morgan fingerprint density at radius 3 is 1.91 bits per heavy atom. The van der Waals surface area contributed by atoms with Gasteiger partial charge in [-0.25, -0.2) is 0 Å². The fraction of sp³-hybridized carbons (Fsp3) is 0.296. The average molecular weight is 432 g/mol. The summed E-state index contributed by atoms with van der Waals surface area (Å²) in [5.74, 6) is 2.52. The molecule has 5 nitrogen and oxygen atoms in total. The van der Waals surface area contributed by atoms with Crippen LogP contribution >= 0.6 is 0 Å². The van der Waals surface area contributed by atoms with Crippen molar-refractivity contribution < 1.29 is 9.47 Å². The van der Waals surface area contributed by atoms with Gasteiger partial charge in [-0.15, -0.1) is 0 Å². The Hall–Kier alpha value is -3.47. The second-order valence-electron chi connectivity index (χ2n) is 7.72. The summed E-state index contributed by atoms with van der Waals surface area (Å²) in [6.07, 6.45) is 2.11. The van der Waals surface area contributed by atoms with Crippen molar-refractivity contribution in [2.75, 3.05) is 24.9 Å². The van der Waals surface area contributed by atoms with Gasteiger partial charge in [0.1, 0.15) is 23.4 Å². The van der Waals surface area contributed by atoms with Crippen LogP contribution in [0.2, 0.25) is 0 Å². The maximum atomic E-state index is 5.31. The summed E-state index contributed by atoms with van der Waals surface area (Å²) in [7, 11) is 3.35. The second kappa shape index (κ2) is 11.8. The van der Waals surface area contributed by atoms with E-state index >= 15 is 0 Å². The molecule has 2 unspecified atom stereocenters. The van der Waals surface area contributed by atoms with E-state index in [1.807, 2.05) is 54.6 Å². The fourth-order valence-corrected chi connectivity index (χ4v) is 3.53. The monoisotopic (exact) mass is 431 g/mol. The third kappa shape index (κ3) is 6.51. The molecule has 0 aromatic heterocycles. The van der Waals surface area contributed by atoms with E-state index in [4.69, 9.17) is 14.5 Å². The third-order valence-electron chi connectivity index (χ3n) is 5.24. The lowest BCUT2D eigenvalue weighted by Crippen LogP contribution is -2.29. The smallest absolute Gasteiger partial charge is 0.128 e. The number of methoxy groups -OCH3 is 2. The standard InChI is InChI=1S/C27H33N3O2/c1-5-9-20(2)28-27(30-23-14-18-25(32-4)19-15-23)26(21-10-7-6-8-11-21)29-22-12-16-24(31-3)17-13-22/h6-8,10-20,26,29H,5,9H2,1-4H3,(H,28,30). The number of ether oxygens (including phenoxy) is 2. The van der Waals surface area contributed by atoms with E-state index in [0.717, 1.165) is 47.1 Å². The van der Waals surface area contributed by atoms with Crippen LogP contribution in [-0.2, 0) is 0 Å². The molecule has 32 heavy (non-hydrogen) atoms. The molecular weight excluding hydrogens is 398 g/mol. The summed E-state index contributed by atoms with van der Waals surface area (Å²) < 4.78 is 10.6. The van der Waals surface area contributed by atoms with Gasteiger partial charge < -0.3 is 20.1 Å². The first-order valence-corrected chi connectivity index (χ1v) is 11.1. The number of rotatable bonds is 10. The Morgan fingerprint density at radius 2 is 1.38 bits per heavy atom. The van der Waals surface area contributed by atoms with Crippen LogP contribution in [0.25, 0.3) is 0 Å². The van der Waals surface area contributed by atoms with Crippen LogP contribution in [-0.4, -0.2) is 26.1 Å². The fourth-order valence-electron chi connectivity index (χ4n) is 3.53. The maximum Gasteiger partial charge on any atom is 0.128 e. The summed E-state index contributed by atoms with van der Waals surface area (Å²) in [6.45, 7) is 4.35. The molecule has 0 aliphatic rings. The molecule has 0 spiro atoms. The number of benzene rings is 3. The summed E-state index contributed by atoms with van der Waals surface area (Å²) in [5, 5.41) is 7.23. The third-order valence-corrected chi connectivity index (χ3v) is 5.24. The summed E-state index contributed by atoms with van der Waals surface area (Å²) in [5.41, 5.74) is 3.09. The van der Waals surface area contributed by atoms with Crippen molar-refractivity contribution >= 4 is 17.2 Å². The highest BCUT2D eigenvalue weighted by Gasteiger charge is 2.20. The van der Waals surface area contributed by atoms with Gasteiger partial charge in [-0.05, 0) is 67.4 Å². The number of aliphatic imine (C=N–C) groups is 1. The molecular formula is C27H33N3O2. The maximum absolute atomic E-state index is 5.31. The Balaban J connectivity index is 1.98. The zero-order valence-corrected chi connectivity index (χ0v) is 19.3. The normalized spacial score (nSPS) is 13.2. The molecule has 0 aliphatic carbocycles. The molecule has 0 bridgehead atoms. The number of hydrogen-bond donors (Lipinski definition) is 2. The van der Waals surface area contributed by atoms with Crippen LogP contribution in [0.3, 0.4) is 0 Å². The minimum absolute atomic E-state index is 0.147. The highest BCUT2D eigenvalue weighted by Crippen LogP contribution is 2.25. The van der Waals surface area contributed by atoms with Crippen LogP contribution in [0.1, 0.15) is 38.3 Å². The minimum atomic E-state index is -0.147.